The molecule has 0 spiro atoms. The van der Waals surface area contributed by atoms with Crippen LogP contribution in [0, 0.1) is 13.8 Å². The van der Waals surface area contributed by atoms with Gasteiger partial charge in [0.2, 0.25) is 0 Å². The number of amides is 1. The van der Waals surface area contributed by atoms with Gasteiger partial charge in [-0.1, -0.05) is 22.9 Å². The number of carbonyl (C=O) groups is 3. The Morgan fingerprint density at radius 2 is 1.88 bits per heavy atom. The number of nitrogens with zero attached hydrogens (tertiary/aromatic N) is 4. The lowest BCUT2D eigenvalue weighted by atomic mass is 10.0. The molecule has 9 nitrogen and oxygen atoms in total. The number of aryl methyl sites for hydroxylation is 2. The second-order valence-electron chi connectivity index (χ2n) is 8.16. The molecule has 0 N–H and O–H groups in total. The predicted octanol–water partition coefficient (Wildman–Crippen LogP) is 3.27. The summed E-state index contributed by atoms with van der Waals surface area (Å²) < 4.78 is 6.49. The number of rotatable bonds is 5. The van der Waals surface area contributed by atoms with Crippen molar-refractivity contribution in [3.05, 3.63) is 86.0 Å². The van der Waals surface area contributed by atoms with E-state index in [0.717, 1.165) is 11.1 Å². The first kappa shape index (κ1) is 21.7. The third-order valence-electron chi connectivity index (χ3n) is 5.61. The van der Waals surface area contributed by atoms with Gasteiger partial charge in [0, 0.05) is 16.5 Å². The summed E-state index contributed by atoms with van der Waals surface area (Å²) in [6.45, 7) is 3.47. The second kappa shape index (κ2) is 8.03. The van der Waals surface area contributed by atoms with Crippen molar-refractivity contribution in [2.45, 2.75) is 26.9 Å². The van der Waals surface area contributed by atoms with Crippen LogP contribution < -0.4 is 10.5 Å². The highest BCUT2D eigenvalue weighted by atomic mass is 35.5. The smallest absolute Gasteiger partial charge is 0.347 e. The average Bonchev–Trinajstić information content (AvgIpc) is 3.31. The second-order valence-corrected chi connectivity index (χ2v) is 8.60. The Morgan fingerprint density at radius 1 is 1.09 bits per heavy atom. The van der Waals surface area contributed by atoms with Crippen LogP contribution in [0.3, 0.4) is 0 Å². The molecule has 5 rings (SSSR count). The molecule has 0 radical (unpaired) electrons. The number of fused-ring (bicyclic) bond motifs is 2. The molecular formula is C24H17ClN4O5. The van der Waals surface area contributed by atoms with Crippen molar-refractivity contribution >= 4 is 45.7 Å². The van der Waals surface area contributed by atoms with E-state index in [0.29, 0.717) is 27.4 Å². The maximum Gasteiger partial charge on any atom is 0.347 e. The van der Waals surface area contributed by atoms with Crippen molar-refractivity contribution in [2.75, 3.05) is 4.90 Å². The van der Waals surface area contributed by atoms with Crippen LogP contribution in [-0.4, -0.2) is 32.5 Å². The molecule has 0 saturated carbocycles. The fourth-order valence-corrected chi connectivity index (χ4v) is 4.31. The zero-order chi connectivity index (χ0) is 24.1. The van der Waals surface area contributed by atoms with E-state index in [1.807, 2.05) is 19.9 Å². The standard InChI is InChI=1S/C24H17ClN4O5/c1-12-5-13(2)21-18(6-12)22(31)23(32)29(21)10-16-9-28(27-26-16)11-19(30)17-7-14-3-4-15(25)8-20(14)34-24(17)33/h3-9H,10-11H2,1-2H3. The van der Waals surface area contributed by atoms with Gasteiger partial charge in [0.25, 0.3) is 11.7 Å². The van der Waals surface area contributed by atoms with Crippen LogP contribution in [0.5, 0.6) is 0 Å². The number of carbonyl (C=O) groups excluding carboxylic acids is 3. The summed E-state index contributed by atoms with van der Waals surface area (Å²) in [6, 6.07) is 9.83. The summed E-state index contributed by atoms with van der Waals surface area (Å²) in [7, 11) is 0. The number of Topliss-reactive ketones (excluding diaryl/α,β-unsaturated/α-hetero) is 2. The number of anilines is 1. The van der Waals surface area contributed by atoms with E-state index >= 15 is 0 Å². The number of benzene rings is 2. The molecule has 1 aliphatic heterocycles. The monoisotopic (exact) mass is 476 g/mol. The van der Waals surface area contributed by atoms with Gasteiger partial charge in [-0.25, -0.2) is 9.48 Å². The molecule has 34 heavy (non-hydrogen) atoms. The Balaban J connectivity index is 1.37. The number of hydrogen-bond donors (Lipinski definition) is 0. The number of ketones is 2. The molecule has 170 valence electrons. The predicted molar refractivity (Wildman–Crippen MR) is 123 cm³/mol. The van der Waals surface area contributed by atoms with Gasteiger partial charge in [-0.2, -0.15) is 0 Å². The lowest BCUT2D eigenvalue weighted by molar-refractivity contribution is -0.114. The molecule has 4 aromatic rings. The molecule has 0 bridgehead atoms. The quantitative estimate of drug-likeness (QED) is 0.246. The minimum atomic E-state index is -0.774. The summed E-state index contributed by atoms with van der Waals surface area (Å²) >= 11 is 5.91. The Hall–Kier alpha value is -4.11. The Morgan fingerprint density at radius 3 is 2.68 bits per heavy atom. The molecule has 1 amide bonds. The van der Waals surface area contributed by atoms with E-state index in [2.05, 4.69) is 10.3 Å². The SMILES string of the molecule is Cc1cc(C)c2c(c1)C(=O)C(=O)N2Cc1cn(CC(=O)c2cc3ccc(Cl)cc3oc2=O)nn1. The summed E-state index contributed by atoms with van der Waals surface area (Å²) in [5.41, 5.74) is 2.41. The topological polar surface area (TPSA) is 115 Å². The van der Waals surface area contributed by atoms with Crippen LogP contribution in [-0.2, 0) is 17.9 Å². The third-order valence-corrected chi connectivity index (χ3v) is 5.84. The van der Waals surface area contributed by atoms with E-state index in [9.17, 15) is 19.2 Å². The fourth-order valence-electron chi connectivity index (χ4n) is 4.14. The first-order valence-corrected chi connectivity index (χ1v) is 10.7. The van der Waals surface area contributed by atoms with E-state index in [1.54, 1.807) is 18.2 Å². The van der Waals surface area contributed by atoms with Gasteiger partial charge in [-0.3, -0.25) is 19.3 Å². The molecule has 3 heterocycles. The van der Waals surface area contributed by atoms with Gasteiger partial charge >= 0.3 is 5.63 Å². The van der Waals surface area contributed by atoms with Crippen LogP contribution in [0.15, 0.2) is 51.8 Å². The highest BCUT2D eigenvalue weighted by Crippen LogP contribution is 2.34. The Labute approximate surface area is 197 Å². The van der Waals surface area contributed by atoms with Crippen LogP contribution >= 0.6 is 11.6 Å². The lowest BCUT2D eigenvalue weighted by Crippen LogP contribution is -2.29. The van der Waals surface area contributed by atoms with Crippen molar-refractivity contribution < 1.29 is 18.8 Å². The van der Waals surface area contributed by atoms with E-state index in [4.69, 9.17) is 16.0 Å². The summed E-state index contributed by atoms with van der Waals surface area (Å²) in [5.74, 6) is -1.71. The van der Waals surface area contributed by atoms with Crippen molar-refractivity contribution in [1.29, 1.82) is 0 Å². The van der Waals surface area contributed by atoms with Gasteiger partial charge < -0.3 is 4.42 Å². The van der Waals surface area contributed by atoms with Crippen LogP contribution in [0.1, 0.15) is 37.5 Å². The molecule has 2 aromatic carbocycles. The highest BCUT2D eigenvalue weighted by molar-refractivity contribution is 6.52. The third kappa shape index (κ3) is 3.69. The molecule has 1 aliphatic rings. The number of halogens is 1. The first-order chi connectivity index (χ1) is 16.2. The molecular weight excluding hydrogens is 460 g/mol. The van der Waals surface area contributed by atoms with Crippen LogP contribution in [0.2, 0.25) is 5.02 Å². The summed E-state index contributed by atoms with van der Waals surface area (Å²) in [6.07, 6.45) is 1.50. The van der Waals surface area contributed by atoms with E-state index in [-0.39, 0.29) is 24.2 Å². The Bertz CT molecular complexity index is 1590. The molecule has 0 aliphatic carbocycles. The van der Waals surface area contributed by atoms with Gasteiger partial charge in [0.1, 0.15) is 23.4 Å². The lowest BCUT2D eigenvalue weighted by Gasteiger charge is -2.17. The molecule has 0 unspecified atom stereocenters. The van der Waals surface area contributed by atoms with E-state index < -0.39 is 23.1 Å². The summed E-state index contributed by atoms with van der Waals surface area (Å²) in [5, 5.41) is 8.94. The van der Waals surface area contributed by atoms with Crippen LogP contribution in [0.25, 0.3) is 11.0 Å². The van der Waals surface area contributed by atoms with Crippen molar-refractivity contribution in [3.8, 4) is 0 Å². The molecule has 10 heteroatoms. The highest BCUT2D eigenvalue weighted by Gasteiger charge is 2.37. The van der Waals surface area contributed by atoms with Gasteiger partial charge in [-0.05, 0) is 49.2 Å². The number of hydrogen-bond acceptors (Lipinski definition) is 7. The minimum absolute atomic E-state index is 0.0224. The molecule has 0 saturated heterocycles. The maximum absolute atomic E-state index is 12.8. The zero-order valence-electron chi connectivity index (χ0n) is 18.2. The minimum Gasteiger partial charge on any atom is -0.422 e. The fraction of sp³-hybridized carbons (Fsp3) is 0.167. The zero-order valence-corrected chi connectivity index (χ0v) is 18.9. The van der Waals surface area contributed by atoms with Crippen molar-refractivity contribution in [1.82, 2.24) is 15.0 Å². The number of aromatic nitrogens is 3. The van der Waals surface area contributed by atoms with Gasteiger partial charge in [-0.15, -0.1) is 5.10 Å². The Kier molecular flexibility index (Phi) is 5.13. The van der Waals surface area contributed by atoms with Crippen molar-refractivity contribution in [2.24, 2.45) is 0 Å². The molecule has 2 aromatic heterocycles. The van der Waals surface area contributed by atoms with Gasteiger partial charge in [0.15, 0.2) is 5.78 Å². The maximum atomic E-state index is 12.8. The molecule has 0 atom stereocenters. The van der Waals surface area contributed by atoms with Crippen LogP contribution in [0.4, 0.5) is 5.69 Å². The molecule has 0 fully saturated rings. The summed E-state index contributed by atoms with van der Waals surface area (Å²) in [4.78, 5) is 51.4. The van der Waals surface area contributed by atoms with Gasteiger partial charge in [0.05, 0.1) is 24.0 Å². The van der Waals surface area contributed by atoms with E-state index in [1.165, 1.54) is 27.9 Å². The average molecular weight is 477 g/mol. The van der Waals surface area contributed by atoms with Crippen molar-refractivity contribution in [3.63, 3.8) is 0 Å². The normalized spacial score (nSPS) is 13.1. The largest absolute Gasteiger partial charge is 0.422 e. The first-order valence-electron chi connectivity index (χ1n) is 10.3.